The molecule has 0 atom stereocenters. The molecule has 1 aromatic heterocycles. The lowest BCUT2D eigenvalue weighted by Crippen LogP contribution is -2.48. The van der Waals surface area contributed by atoms with Gasteiger partial charge in [-0.15, -0.1) is 4.91 Å². The van der Waals surface area contributed by atoms with Gasteiger partial charge in [0.25, 0.3) is 0 Å². The van der Waals surface area contributed by atoms with E-state index in [-0.39, 0.29) is 0 Å². The Morgan fingerprint density at radius 1 is 1.41 bits per heavy atom. The zero-order chi connectivity index (χ0) is 12.4. The zero-order valence-corrected chi connectivity index (χ0v) is 10.1. The van der Waals surface area contributed by atoms with E-state index in [1.165, 1.54) is 16.2 Å². The van der Waals surface area contributed by atoms with Crippen molar-refractivity contribution in [3.63, 3.8) is 0 Å². The molecule has 8 heteroatoms. The third-order valence-corrected chi connectivity index (χ3v) is 3.47. The van der Waals surface area contributed by atoms with Crippen molar-refractivity contribution in [1.29, 1.82) is 0 Å². The molecule has 92 valence electrons. The van der Waals surface area contributed by atoms with Crippen LogP contribution in [0.5, 0.6) is 0 Å². The molecule has 0 aromatic carbocycles. The molecule has 1 fully saturated rings. The molecule has 0 unspecified atom stereocenters. The molecule has 17 heavy (non-hydrogen) atoms. The number of carbonyl (C=O) groups is 1. The Hall–Kier alpha value is -1.70. The minimum absolute atomic E-state index is 0.367. The highest BCUT2D eigenvalue weighted by molar-refractivity contribution is 7.16. The second-order valence-electron chi connectivity index (χ2n) is 3.71. The monoisotopic (exact) mass is 256 g/mol. The second-order valence-corrected chi connectivity index (χ2v) is 4.89. The van der Waals surface area contributed by atoms with Crippen LogP contribution in [0.4, 0.5) is 15.6 Å². The van der Waals surface area contributed by atoms with E-state index in [1.807, 2.05) is 11.8 Å². The Kier molecular flexibility index (Phi) is 3.23. The molecule has 0 bridgehead atoms. The maximum atomic E-state index is 10.8. The van der Waals surface area contributed by atoms with Crippen LogP contribution in [-0.4, -0.2) is 47.3 Å². The summed E-state index contributed by atoms with van der Waals surface area (Å²) in [4.78, 5) is 28.9. The van der Waals surface area contributed by atoms with Crippen molar-refractivity contribution in [2.24, 2.45) is 5.18 Å². The summed E-state index contributed by atoms with van der Waals surface area (Å²) in [6, 6.07) is 0. The van der Waals surface area contributed by atoms with Crippen molar-refractivity contribution in [2.45, 2.75) is 6.92 Å². The maximum absolute atomic E-state index is 10.8. The summed E-state index contributed by atoms with van der Waals surface area (Å²) in [6.45, 7) is 3.74. The van der Waals surface area contributed by atoms with Gasteiger partial charge < -0.3 is 14.9 Å². The van der Waals surface area contributed by atoms with E-state index < -0.39 is 6.09 Å². The molecule has 1 saturated heterocycles. The Morgan fingerprint density at radius 3 is 2.59 bits per heavy atom. The van der Waals surface area contributed by atoms with Gasteiger partial charge in [0, 0.05) is 26.2 Å². The predicted molar refractivity (Wildman–Crippen MR) is 64.1 cm³/mol. The van der Waals surface area contributed by atoms with E-state index in [0.717, 1.165) is 5.01 Å². The summed E-state index contributed by atoms with van der Waals surface area (Å²) in [5.41, 5.74) is 0. The molecule has 1 N–H and O–H groups in total. The van der Waals surface area contributed by atoms with Crippen LogP contribution in [0.3, 0.4) is 0 Å². The Labute approximate surface area is 102 Å². The quantitative estimate of drug-likeness (QED) is 0.813. The van der Waals surface area contributed by atoms with Crippen molar-refractivity contribution in [2.75, 3.05) is 31.1 Å². The first-order valence-corrected chi connectivity index (χ1v) is 5.97. The largest absolute Gasteiger partial charge is 0.465 e. The molecule has 7 nitrogen and oxygen atoms in total. The Morgan fingerprint density at radius 2 is 2.06 bits per heavy atom. The highest BCUT2D eigenvalue weighted by Gasteiger charge is 2.24. The predicted octanol–water partition coefficient (Wildman–Crippen LogP) is 1.65. The third kappa shape index (κ3) is 2.36. The number of piperazine rings is 1. The lowest BCUT2D eigenvalue weighted by atomic mass is 10.3. The summed E-state index contributed by atoms with van der Waals surface area (Å²) < 4.78 is 0. The molecule has 2 heterocycles. The molecule has 1 aliphatic rings. The number of nitrogens with zero attached hydrogens (tertiary/aromatic N) is 4. The fourth-order valence-corrected chi connectivity index (χ4v) is 2.50. The minimum Gasteiger partial charge on any atom is -0.465 e. The van der Waals surface area contributed by atoms with Crippen LogP contribution in [0.25, 0.3) is 0 Å². The molecule has 0 saturated carbocycles. The van der Waals surface area contributed by atoms with Crippen LogP contribution >= 0.6 is 11.3 Å². The summed E-state index contributed by atoms with van der Waals surface area (Å²) in [5.74, 6) is 0.576. The van der Waals surface area contributed by atoms with E-state index in [0.29, 0.717) is 37.0 Å². The van der Waals surface area contributed by atoms with Crippen molar-refractivity contribution in [3.05, 3.63) is 9.91 Å². The van der Waals surface area contributed by atoms with Crippen LogP contribution in [0, 0.1) is 11.8 Å². The molecule has 1 aliphatic heterocycles. The van der Waals surface area contributed by atoms with Gasteiger partial charge in [-0.1, -0.05) is 11.3 Å². The third-order valence-electron chi connectivity index (χ3n) is 2.63. The molecule has 0 spiro atoms. The van der Waals surface area contributed by atoms with E-state index in [2.05, 4.69) is 10.2 Å². The fraction of sp³-hybridized carbons (Fsp3) is 0.556. The van der Waals surface area contributed by atoms with Crippen LogP contribution in [0.2, 0.25) is 0 Å². The van der Waals surface area contributed by atoms with Crippen molar-refractivity contribution < 1.29 is 9.90 Å². The van der Waals surface area contributed by atoms with Gasteiger partial charge in [0.15, 0.2) is 5.82 Å². The van der Waals surface area contributed by atoms with Gasteiger partial charge in [-0.2, -0.15) is 0 Å². The number of carboxylic acid groups (broad SMARTS) is 1. The number of thiazole rings is 1. The summed E-state index contributed by atoms with van der Waals surface area (Å²) >= 11 is 1.25. The molecule has 2 rings (SSSR count). The first kappa shape index (κ1) is 11.8. The molecular formula is C9H12N4O3S. The lowest BCUT2D eigenvalue weighted by molar-refractivity contribution is 0.142. The summed E-state index contributed by atoms with van der Waals surface area (Å²) in [7, 11) is 0. The van der Waals surface area contributed by atoms with Crippen LogP contribution in [-0.2, 0) is 0 Å². The van der Waals surface area contributed by atoms with Crippen molar-refractivity contribution in [3.8, 4) is 0 Å². The normalized spacial score (nSPS) is 16.1. The number of hydrogen-bond acceptors (Lipinski definition) is 6. The number of nitroso groups, excluding NO2 is 1. The first-order chi connectivity index (χ1) is 8.11. The molecule has 1 amide bonds. The van der Waals surface area contributed by atoms with Crippen molar-refractivity contribution >= 4 is 28.2 Å². The van der Waals surface area contributed by atoms with Crippen molar-refractivity contribution in [1.82, 2.24) is 9.88 Å². The standard InChI is InChI=1S/C9H12N4O3S/c1-6-10-7(8(11-16)17-6)12-2-4-13(5-3-12)9(14)15/h2-5H2,1H3,(H,14,15). The maximum Gasteiger partial charge on any atom is 0.407 e. The lowest BCUT2D eigenvalue weighted by Gasteiger charge is -2.33. The number of aryl methyl sites for hydroxylation is 1. The van der Waals surface area contributed by atoms with Gasteiger partial charge in [0.1, 0.15) is 0 Å². The van der Waals surface area contributed by atoms with Crippen LogP contribution in [0.15, 0.2) is 5.18 Å². The van der Waals surface area contributed by atoms with E-state index in [1.54, 1.807) is 0 Å². The fourth-order valence-electron chi connectivity index (χ4n) is 1.78. The van der Waals surface area contributed by atoms with E-state index in [9.17, 15) is 9.70 Å². The molecule has 0 radical (unpaired) electrons. The van der Waals surface area contributed by atoms with Gasteiger partial charge in [-0.25, -0.2) is 9.78 Å². The summed E-state index contributed by atoms with van der Waals surface area (Å²) in [5, 5.41) is 12.9. The molecule has 1 aromatic rings. The van der Waals surface area contributed by atoms with Gasteiger partial charge in [0.2, 0.25) is 5.00 Å². The second kappa shape index (κ2) is 4.66. The smallest absolute Gasteiger partial charge is 0.407 e. The Bertz CT molecular complexity index is 439. The van der Waals surface area contributed by atoms with Gasteiger partial charge >= 0.3 is 6.09 Å². The van der Waals surface area contributed by atoms with E-state index >= 15 is 0 Å². The average molecular weight is 256 g/mol. The molecule has 0 aliphatic carbocycles. The number of anilines is 1. The number of hydrogen-bond donors (Lipinski definition) is 1. The molecular weight excluding hydrogens is 244 g/mol. The van der Waals surface area contributed by atoms with Gasteiger partial charge in [0.05, 0.1) is 5.01 Å². The van der Waals surface area contributed by atoms with Crippen LogP contribution < -0.4 is 4.90 Å². The van der Waals surface area contributed by atoms with Gasteiger partial charge in [-0.05, 0) is 12.1 Å². The number of rotatable bonds is 2. The highest BCUT2D eigenvalue weighted by atomic mass is 32.1. The topological polar surface area (TPSA) is 86.1 Å². The van der Waals surface area contributed by atoms with Gasteiger partial charge in [-0.3, -0.25) is 0 Å². The highest BCUT2D eigenvalue weighted by Crippen LogP contribution is 2.34. The number of aromatic nitrogens is 1. The first-order valence-electron chi connectivity index (χ1n) is 5.15. The zero-order valence-electron chi connectivity index (χ0n) is 9.29. The average Bonchev–Trinajstić information content (AvgIpc) is 2.70. The number of amides is 1. The minimum atomic E-state index is -0.909. The van der Waals surface area contributed by atoms with E-state index in [4.69, 9.17) is 5.11 Å². The van der Waals surface area contributed by atoms with Crippen LogP contribution in [0.1, 0.15) is 5.01 Å². The summed E-state index contributed by atoms with van der Waals surface area (Å²) in [6.07, 6.45) is -0.909. The Balaban J connectivity index is 2.09. The SMILES string of the molecule is Cc1nc(N2CCN(C(=O)O)CC2)c(N=O)s1.